The first-order valence-corrected chi connectivity index (χ1v) is 8.88. The predicted octanol–water partition coefficient (Wildman–Crippen LogP) is 2.26. The lowest BCUT2D eigenvalue weighted by molar-refractivity contribution is -0.0305. The highest BCUT2D eigenvalue weighted by atomic mass is 16.5. The molecule has 1 rings (SSSR count). The monoisotopic (exact) mass is 300 g/mol. The van der Waals surface area contributed by atoms with Crippen molar-refractivity contribution in [3.63, 3.8) is 0 Å². The summed E-state index contributed by atoms with van der Waals surface area (Å²) in [6, 6.07) is 0. The zero-order valence-corrected chi connectivity index (χ0v) is 14.3. The van der Waals surface area contributed by atoms with Gasteiger partial charge in [0.2, 0.25) is 0 Å². The van der Waals surface area contributed by atoms with E-state index in [4.69, 9.17) is 4.74 Å². The minimum absolute atomic E-state index is 0.367. The maximum Gasteiger partial charge on any atom is 0.0897 e. The molecule has 0 saturated heterocycles. The molecular weight excluding hydrogens is 264 g/mol. The number of ether oxygens (including phenoxy) is 1. The van der Waals surface area contributed by atoms with Crippen LogP contribution in [0.4, 0.5) is 0 Å². The Morgan fingerprint density at radius 3 is 2.71 bits per heavy atom. The summed E-state index contributed by atoms with van der Waals surface area (Å²) in [7, 11) is 0. The van der Waals surface area contributed by atoms with E-state index in [1.165, 1.54) is 12.8 Å². The van der Waals surface area contributed by atoms with Crippen molar-refractivity contribution < 1.29 is 9.84 Å². The van der Waals surface area contributed by atoms with Crippen LogP contribution in [0.2, 0.25) is 0 Å². The van der Waals surface area contributed by atoms with Gasteiger partial charge in [-0.05, 0) is 51.4 Å². The van der Waals surface area contributed by atoms with Gasteiger partial charge in [-0.25, -0.2) is 0 Å². The number of hydrogen-bond acceptors (Lipinski definition) is 4. The molecular formula is C17H36N2O2. The zero-order valence-electron chi connectivity index (χ0n) is 14.3. The highest BCUT2D eigenvalue weighted by Crippen LogP contribution is 2.25. The smallest absolute Gasteiger partial charge is 0.0897 e. The number of aliphatic hydroxyl groups is 1. The molecule has 4 heteroatoms. The maximum absolute atomic E-state index is 9.95. The Morgan fingerprint density at radius 2 is 2.05 bits per heavy atom. The molecule has 4 nitrogen and oxygen atoms in total. The van der Waals surface area contributed by atoms with Crippen molar-refractivity contribution in [3.8, 4) is 0 Å². The molecule has 1 saturated carbocycles. The molecule has 0 amide bonds. The Hall–Kier alpha value is -0.160. The average molecular weight is 300 g/mol. The molecule has 0 aromatic rings. The molecule has 3 unspecified atom stereocenters. The zero-order chi connectivity index (χ0) is 15.5. The third-order valence-electron chi connectivity index (χ3n) is 4.51. The fourth-order valence-electron chi connectivity index (χ4n) is 3.07. The minimum Gasteiger partial charge on any atom is -0.389 e. The van der Waals surface area contributed by atoms with E-state index < -0.39 is 0 Å². The van der Waals surface area contributed by atoms with Gasteiger partial charge in [0.25, 0.3) is 0 Å². The third-order valence-corrected chi connectivity index (χ3v) is 4.51. The normalized spacial score (nSPS) is 24.4. The summed E-state index contributed by atoms with van der Waals surface area (Å²) in [6.45, 7) is 12.1. The second-order valence-corrected chi connectivity index (χ2v) is 6.47. The van der Waals surface area contributed by atoms with Crippen molar-refractivity contribution in [2.45, 2.75) is 65.1 Å². The SMILES string of the molecule is CCN(CC)CCCNCC(O)COC1CCCC(C)C1. The van der Waals surface area contributed by atoms with Crippen LogP contribution in [0.5, 0.6) is 0 Å². The van der Waals surface area contributed by atoms with Gasteiger partial charge < -0.3 is 20.1 Å². The van der Waals surface area contributed by atoms with E-state index >= 15 is 0 Å². The molecule has 0 aromatic heterocycles. The van der Waals surface area contributed by atoms with Gasteiger partial charge in [-0.1, -0.05) is 33.6 Å². The molecule has 126 valence electrons. The van der Waals surface area contributed by atoms with Crippen LogP contribution in [0.3, 0.4) is 0 Å². The van der Waals surface area contributed by atoms with Crippen LogP contribution in [-0.4, -0.2) is 61.5 Å². The fraction of sp³-hybridized carbons (Fsp3) is 1.00. The van der Waals surface area contributed by atoms with Crippen LogP contribution >= 0.6 is 0 Å². The number of aliphatic hydroxyl groups excluding tert-OH is 1. The van der Waals surface area contributed by atoms with Crippen LogP contribution in [0.15, 0.2) is 0 Å². The molecule has 0 bridgehead atoms. The van der Waals surface area contributed by atoms with E-state index in [0.717, 1.165) is 51.4 Å². The van der Waals surface area contributed by atoms with Crippen molar-refractivity contribution in [2.24, 2.45) is 5.92 Å². The molecule has 21 heavy (non-hydrogen) atoms. The highest BCUT2D eigenvalue weighted by molar-refractivity contribution is 4.71. The summed E-state index contributed by atoms with van der Waals surface area (Å²) in [6.07, 6.45) is 6.04. The molecule has 0 aliphatic heterocycles. The maximum atomic E-state index is 9.95. The molecule has 1 aliphatic rings. The van der Waals surface area contributed by atoms with Crippen LogP contribution in [-0.2, 0) is 4.74 Å². The minimum atomic E-state index is -0.379. The van der Waals surface area contributed by atoms with Crippen LogP contribution < -0.4 is 5.32 Å². The summed E-state index contributed by atoms with van der Waals surface area (Å²) in [5.74, 6) is 0.777. The first-order valence-electron chi connectivity index (χ1n) is 8.88. The second-order valence-electron chi connectivity index (χ2n) is 6.47. The van der Waals surface area contributed by atoms with E-state index in [-0.39, 0.29) is 6.10 Å². The van der Waals surface area contributed by atoms with Crippen molar-refractivity contribution in [1.82, 2.24) is 10.2 Å². The number of hydrogen-bond donors (Lipinski definition) is 2. The molecule has 0 spiro atoms. The van der Waals surface area contributed by atoms with Gasteiger partial charge >= 0.3 is 0 Å². The van der Waals surface area contributed by atoms with Gasteiger partial charge in [-0.2, -0.15) is 0 Å². The van der Waals surface area contributed by atoms with E-state index in [1.807, 2.05) is 0 Å². The number of rotatable bonds is 11. The van der Waals surface area contributed by atoms with Gasteiger partial charge in [0.05, 0.1) is 18.8 Å². The third kappa shape index (κ3) is 8.77. The molecule has 0 heterocycles. The van der Waals surface area contributed by atoms with Gasteiger partial charge in [0.1, 0.15) is 0 Å². The van der Waals surface area contributed by atoms with E-state index in [9.17, 15) is 5.11 Å². The van der Waals surface area contributed by atoms with Crippen LogP contribution in [0, 0.1) is 5.92 Å². The summed E-state index contributed by atoms with van der Waals surface area (Å²) in [5.41, 5.74) is 0. The van der Waals surface area contributed by atoms with Crippen LogP contribution in [0.25, 0.3) is 0 Å². The van der Waals surface area contributed by atoms with Gasteiger partial charge in [0.15, 0.2) is 0 Å². The Labute approximate surface area is 131 Å². The van der Waals surface area contributed by atoms with Crippen molar-refractivity contribution >= 4 is 0 Å². The Bertz CT molecular complexity index is 247. The standard InChI is InChI=1S/C17H36N2O2/c1-4-19(5-2)11-7-10-18-13-16(20)14-21-17-9-6-8-15(3)12-17/h15-18,20H,4-14H2,1-3H3. The highest BCUT2D eigenvalue weighted by Gasteiger charge is 2.20. The Balaban J connectivity index is 1.97. The van der Waals surface area contributed by atoms with E-state index in [0.29, 0.717) is 19.3 Å². The molecule has 0 radical (unpaired) electrons. The Kier molecular flexibility index (Phi) is 10.3. The van der Waals surface area contributed by atoms with E-state index in [2.05, 4.69) is 31.0 Å². The summed E-state index contributed by atoms with van der Waals surface area (Å²) >= 11 is 0. The lowest BCUT2D eigenvalue weighted by Gasteiger charge is -2.27. The lowest BCUT2D eigenvalue weighted by atomic mass is 9.89. The number of nitrogens with zero attached hydrogens (tertiary/aromatic N) is 1. The van der Waals surface area contributed by atoms with Gasteiger partial charge in [-0.15, -0.1) is 0 Å². The molecule has 0 aromatic carbocycles. The van der Waals surface area contributed by atoms with Crippen molar-refractivity contribution in [3.05, 3.63) is 0 Å². The second kappa shape index (κ2) is 11.4. The first kappa shape index (κ1) is 18.9. The molecule has 1 aliphatic carbocycles. The topological polar surface area (TPSA) is 44.7 Å². The van der Waals surface area contributed by atoms with Crippen molar-refractivity contribution in [1.29, 1.82) is 0 Å². The Morgan fingerprint density at radius 1 is 1.29 bits per heavy atom. The van der Waals surface area contributed by atoms with Gasteiger partial charge in [0, 0.05) is 6.54 Å². The average Bonchev–Trinajstić information content (AvgIpc) is 2.49. The quantitative estimate of drug-likeness (QED) is 0.575. The molecule has 3 atom stereocenters. The molecule has 2 N–H and O–H groups in total. The van der Waals surface area contributed by atoms with Crippen molar-refractivity contribution in [2.75, 3.05) is 39.3 Å². The molecule has 1 fully saturated rings. The summed E-state index contributed by atoms with van der Waals surface area (Å²) in [4.78, 5) is 2.42. The van der Waals surface area contributed by atoms with Gasteiger partial charge in [-0.3, -0.25) is 0 Å². The summed E-state index contributed by atoms with van der Waals surface area (Å²) < 4.78 is 5.85. The number of nitrogens with one attached hydrogen (secondary N) is 1. The lowest BCUT2D eigenvalue weighted by Crippen LogP contribution is -2.34. The van der Waals surface area contributed by atoms with Crippen LogP contribution in [0.1, 0.15) is 52.9 Å². The predicted molar refractivity (Wildman–Crippen MR) is 88.7 cm³/mol. The fourth-order valence-corrected chi connectivity index (χ4v) is 3.07. The van der Waals surface area contributed by atoms with E-state index in [1.54, 1.807) is 0 Å². The first-order chi connectivity index (χ1) is 10.2. The summed E-state index contributed by atoms with van der Waals surface area (Å²) in [5, 5.41) is 13.3. The largest absolute Gasteiger partial charge is 0.389 e.